The SMILES string of the molecule is COCCC1(CNC(=NCC(=O)N(C)C)NCCCN(C)c2ccccc2)CCC1.I. The summed E-state index contributed by atoms with van der Waals surface area (Å²) in [5, 5.41) is 6.89. The van der Waals surface area contributed by atoms with E-state index in [4.69, 9.17) is 4.74 Å². The summed E-state index contributed by atoms with van der Waals surface area (Å²) in [7, 11) is 7.37. The number of hydrogen-bond donors (Lipinski definition) is 2. The Hall–Kier alpha value is -1.55. The maximum atomic E-state index is 12.0. The van der Waals surface area contributed by atoms with Crippen molar-refractivity contribution in [2.75, 3.05) is 65.9 Å². The topological polar surface area (TPSA) is 69.2 Å². The Morgan fingerprint density at radius 1 is 1.16 bits per heavy atom. The van der Waals surface area contributed by atoms with Gasteiger partial charge in [-0.15, -0.1) is 24.0 Å². The van der Waals surface area contributed by atoms with Gasteiger partial charge >= 0.3 is 0 Å². The number of guanidine groups is 1. The van der Waals surface area contributed by atoms with Crippen LogP contribution >= 0.6 is 24.0 Å². The highest BCUT2D eigenvalue weighted by molar-refractivity contribution is 14.0. The number of methoxy groups -OCH3 is 1. The molecule has 176 valence electrons. The molecule has 31 heavy (non-hydrogen) atoms. The van der Waals surface area contributed by atoms with Gasteiger partial charge in [-0.2, -0.15) is 0 Å². The zero-order valence-electron chi connectivity index (χ0n) is 19.5. The van der Waals surface area contributed by atoms with E-state index < -0.39 is 0 Å². The van der Waals surface area contributed by atoms with Gasteiger partial charge in [0, 0.05) is 60.2 Å². The van der Waals surface area contributed by atoms with Crippen LogP contribution < -0.4 is 15.5 Å². The van der Waals surface area contributed by atoms with E-state index in [-0.39, 0.29) is 41.8 Å². The quantitative estimate of drug-likeness (QED) is 0.183. The second kappa shape index (κ2) is 14.5. The lowest BCUT2D eigenvalue weighted by Crippen LogP contribution is -2.47. The number of para-hydroxylation sites is 1. The van der Waals surface area contributed by atoms with Crippen molar-refractivity contribution in [3.8, 4) is 0 Å². The Kier molecular flexibility index (Phi) is 12.9. The summed E-state index contributed by atoms with van der Waals surface area (Å²) in [6.45, 7) is 3.54. The first kappa shape index (κ1) is 27.5. The molecule has 0 radical (unpaired) electrons. The highest BCUT2D eigenvalue weighted by Gasteiger charge is 2.36. The summed E-state index contributed by atoms with van der Waals surface area (Å²) in [5.74, 6) is 0.717. The Morgan fingerprint density at radius 3 is 2.45 bits per heavy atom. The van der Waals surface area contributed by atoms with Gasteiger partial charge in [0.15, 0.2) is 5.96 Å². The summed E-state index contributed by atoms with van der Waals surface area (Å²) in [6, 6.07) is 10.4. The second-order valence-electron chi connectivity index (χ2n) is 8.44. The summed E-state index contributed by atoms with van der Waals surface area (Å²) in [5.41, 5.74) is 1.50. The van der Waals surface area contributed by atoms with Crippen LogP contribution in [0.25, 0.3) is 0 Å². The first-order valence-electron chi connectivity index (χ1n) is 10.9. The first-order chi connectivity index (χ1) is 14.5. The fraction of sp³-hybridized carbons (Fsp3) is 0.652. The van der Waals surface area contributed by atoms with Crippen molar-refractivity contribution in [3.63, 3.8) is 0 Å². The number of likely N-dealkylation sites (N-methyl/N-ethyl adjacent to an activating group) is 1. The van der Waals surface area contributed by atoms with E-state index in [0.717, 1.165) is 45.0 Å². The van der Waals surface area contributed by atoms with Crippen molar-refractivity contribution in [2.24, 2.45) is 10.4 Å². The van der Waals surface area contributed by atoms with Gasteiger partial charge in [0.05, 0.1) is 0 Å². The number of carbonyl (C=O) groups is 1. The van der Waals surface area contributed by atoms with E-state index in [2.05, 4.69) is 51.8 Å². The lowest BCUT2D eigenvalue weighted by Gasteiger charge is -2.42. The average molecular weight is 546 g/mol. The summed E-state index contributed by atoms with van der Waals surface area (Å²) >= 11 is 0. The van der Waals surface area contributed by atoms with Gasteiger partial charge in [0.25, 0.3) is 0 Å². The van der Waals surface area contributed by atoms with Crippen LogP contribution in [-0.4, -0.2) is 77.8 Å². The second-order valence-corrected chi connectivity index (χ2v) is 8.44. The van der Waals surface area contributed by atoms with Crippen LogP contribution in [0.4, 0.5) is 5.69 Å². The van der Waals surface area contributed by atoms with Gasteiger partial charge < -0.3 is 25.2 Å². The molecule has 1 fully saturated rings. The van der Waals surface area contributed by atoms with Crippen molar-refractivity contribution in [2.45, 2.75) is 32.1 Å². The minimum atomic E-state index is -0.00217. The van der Waals surface area contributed by atoms with Crippen LogP contribution in [0.3, 0.4) is 0 Å². The zero-order valence-corrected chi connectivity index (χ0v) is 21.9. The van der Waals surface area contributed by atoms with Crippen LogP contribution in [0.5, 0.6) is 0 Å². The van der Waals surface area contributed by atoms with Crippen molar-refractivity contribution in [1.29, 1.82) is 0 Å². The molecule has 0 heterocycles. The number of amides is 1. The number of halogens is 1. The Balaban J connectivity index is 0.00000480. The van der Waals surface area contributed by atoms with Gasteiger partial charge in [0.2, 0.25) is 5.91 Å². The summed E-state index contributed by atoms with van der Waals surface area (Å²) in [4.78, 5) is 20.3. The normalized spacial score (nSPS) is 14.8. The number of anilines is 1. The third kappa shape index (κ3) is 9.64. The summed E-state index contributed by atoms with van der Waals surface area (Å²) in [6.07, 6.45) is 5.74. The van der Waals surface area contributed by atoms with Gasteiger partial charge in [-0.25, -0.2) is 4.99 Å². The van der Waals surface area contributed by atoms with E-state index in [0.29, 0.717) is 0 Å². The van der Waals surface area contributed by atoms with Crippen LogP contribution in [-0.2, 0) is 9.53 Å². The Bertz CT molecular complexity index is 665. The molecule has 0 unspecified atom stereocenters. The molecule has 1 amide bonds. The van der Waals surface area contributed by atoms with Crippen molar-refractivity contribution < 1.29 is 9.53 Å². The molecule has 0 bridgehead atoms. The largest absolute Gasteiger partial charge is 0.385 e. The zero-order chi connectivity index (χ0) is 21.8. The van der Waals surface area contributed by atoms with Gasteiger partial charge in [0.1, 0.15) is 6.54 Å². The fourth-order valence-corrected chi connectivity index (χ4v) is 3.58. The molecule has 1 saturated carbocycles. The molecule has 1 aromatic rings. The number of benzene rings is 1. The molecule has 2 rings (SSSR count). The smallest absolute Gasteiger partial charge is 0.243 e. The highest BCUT2D eigenvalue weighted by Crippen LogP contribution is 2.43. The van der Waals surface area contributed by atoms with Crippen LogP contribution in [0.1, 0.15) is 32.1 Å². The monoisotopic (exact) mass is 545 g/mol. The van der Waals surface area contributed by atoms with Crippen LogP contribution in [0.15, 0.2) is 35.3 Å². The molecular weight excluding hydrogens is 505 g/mol. The lowest BCUT2D eigenvalue weighted by atomic mass is 9.67. The third-order valence-electron chi connectivity index (χ3n) is 5.91. The Morgan fingerprint density at radius 2 is 1.87 bits per heavy atom. The predicted molar refractivity (Wildman–Crippen MR) is 140 cm³/mol. The van der Waals surface area contributed by atoms with Gasteiger partial charge in [-0.3, -0.25) is 4.79 Å². The van der Waals surface area contributed by atoms with Crippen molar-refractivity contribution in [1.82, 2.24) is 15.5 Å². The molecule has 1 aliphatic rings. The highest BCUT2D eigenvalue weighted by atomic mass is 127. The Labute approximate surface area is 205 Å². The number of hydrogen-bond acceptors (Lipinski definition) is 4. The fourth-order valence-electron chi connectivity index (χ4n) is 3.58. The van der Waals surface area contributed by atoms with Crippen LogP contribution in [0, 0.1) is 5.41 Å². The van der Waals surface area contributed by atoms with Crippen molar-refractivity contribution in [3.05, 3.63) is 30.3 Å². The van der Waals surface area contributed by atoms with E-state index >= 15 is 0 Å². The average Bonchev–Trinajstić information content (AvgIpc) is 2.73. The maximum absolute atomic E-state index is 12.0. The van der Waals surface area contributed by atoms with Gasteiger partial charge in [-0.1, -0.05) is 24.6 Å². The number of carbonyl (C=O) groups excluding carboxylic acids is 1. The van der Waals surface area contributed by atoms with E-state index in [1.807, 2.05) is 6.07 Å². The molecule has 7 nitrogen and oxygen atoms in total. The van der Waals surface area contributed by atoms with E-state index in [9.17, 15) is 4.79 Å². The molecule has 8 heteroatoms. The standard InChI is InChI=1S/C23H39N5O2.HI/c1-27(2)21(29)18-25-22(26-19-23(12-8-13-23)14-17-30-4)24-15-9-16-28(3)20-10-6-5-7-11-20;/h5-7,10-11H,8-9,12-19H2,1-4H3,(H2,24,25,26);1H. The number of ether oxygens (including phenoxy) is 1. The maximum Gasteiger partial charge on any atom is 0.243 e. The molecule has 2 N–H and O–H groups in total. The lowest BCUT2D eigenvalue weighted by molar-refractivity contribution is -0.127. The predicted octanol–water partition coefficient (Wildman–Crippen LogP) is 2.96. The minimum absolute atomic E-state index is 0. The van der Waals surface area contributed by atoms with E-state index in [1.54, 1.807) is 26.1 Å². The molecule has 0 saturated heterocycles. The molecule has 0 aromatic heterocycles. The molecule has 1 aromatic carbocycles. The number of rotatable bonds is 12. The molecule has 1 aliphatic carbocycles. The minimum Gasteiger partial charge on any atom is -0.385 e. The molecule has 0 atom stereocenters. The van der Waals surface area contributed by atoms with Gasteiger partial charge in [-0.05, 0) is 43.2 Å². The molecular formula is C23H40IN5O2. The number of nitrogens with one attached hydrogen (secondary N) is 2. The van der Waals surface area contributed by atoms with Crippen LogP contribution in [0.2, 0.25) is 0 Å². The number of nitrogens with zero attached hydrogens (tertiary/aromatic N) is 3. The van der Waals surface area contributed by atoms with Crippen molar-refractivity contribution >= 4 is 41.5 Å². The number of aliphatic imine (C=N–C) groups is 1. The molecule has 0 aliphatic heterocycles. The molecule has 0 spiro atoms. The third-order valence-corrected chi connectivity index (χ3v) is 5.91. The van der Waals surface area contributed by atoms with E-state index in [1.165, 1.54) is 24.9 Å². The summed E-state index contributed by atoms with van der Waals surface area (Å²) < 4.78 is 5.30. The first-order valence-corrected chi connectivity index (χ1v) is 10.9.